The fourth-order valence-corrected chi connectivity index (χ4v) is 1.56. The standard InChI is InChI=1S/C7H2Cl4F10/c8-1-2(9,10)3(11,12)4(13,14)5(15,16)6(17,18)7(19,20)21/h1H2. The lowest BCUT2D eigenvalue weighted by atomic mass is 9.97. The monoisotopic (exact) mass is 416 g/mol. The van der Waals surface area contributed by atoms with E-state index in [1.807, 2.05) is 0 Å². The Bertz CT molecular complexity index is 387. The molecule has 0 aliphatic rings. The van der Waals surface area contributed by atoms with E-state index in [9.17, 15) is 43.9 Å². The summed E-state index contributed by atoms with van der Waals surface area (Å²) in [6, 6.07) is 0. The fourth-order valence-electron chi connectivity index (χ4n) is 0.886. The Kier molecular flexibility index (Phi) is 5.64. The van der Waals surface area contributed by atoms with Gasteiger partial charge in [-0.2, -0.15) is 39.5 Å². The highest BCUT2D eigenvalue weighted by atomic mass is 35.5. The first-order valence-electron chi connectivity index (χ1n) is 4.33. The highest BCUT2D eigenvalue weighted by Crippen LogP contribution is 2.61. The van der Waals surface area contributed by atoms with Gasteiger partial charge in [-0.1, -0.05) is 34.8 Å². The largest absolute Gasteiger partial charge is 0.460 e. The smallest absolute Gasteiger partial charge is 0.216 e. The van der Waals surface area contributed by atoms with Gasteiger partial charge >= 0.3 is 23.9 Å². The minimum Gasteiger partial charge on any atom is -0.216 e. The predicted molar refractivity (Wildman–Crippen MR) is 55.7 cm³/mol. The summed E-state index contributed by atoms with van der Waals surface area (Å²) in [6.07, 6.45) is -7.13. The molecule has 0 spiro atoms. The maximum absolute atomic E-state index is 13.5. The van der Waals surface area contributed by atoms with E-state index in [-0.39, 0.29) is 0 Å². The zero-order valence-corrected chi connectivity index (χ0v) is 12.0. The average molecular weight is 418 g/mol. The van der Waals surface area contributed by atoms with Crippen molar-refractivity contribution in [2.45, 2.75) is 33.4 Å². The lowest BCUT2D eigenvalue weighted by Crippen LogP contribution is -2.69. The number of rotatable bonds is 5. The second-order valence-electron chi connectivity index (χ2n) is 3.63. The number of hydrogen-bond acceptors (Lipinski definition) is 0. The summed E-state index contributed by atoms with van der Waals surface area (Å²) in [5, 5.41) is -5.44. The normalized spacial score (nSPS) is 18.6. The predicted octanol–water partition coefficient (Wildman–Crippen LogP) is 5.77. The second kappa shape index (κ2) is 5.52. The van der Waals surface area contributed by atoms with E-state index in [2.05, 4.69) is 11.6 Å². The molecule has 0 aromatic carbocycles. The Morgan fingerprint density at radius 2 is 0.905 bits per heavy atom. The van der Waals surface area contributed by atoms with E-state index in [1.165, 1.54) is 0 Å². The molecule has 0 fully saturated rings. The third-order valence-corrected chi connectivity index (χ3v) is 4.38. The topological polar surface area (TPSA) is 0 Å². The van der Waals surface area contributed by atoms with Gasteiger partial charge in [-0.05, 0) is 0 Å². The molecule has 0 radical (unpaired) electrons. The van der Waals surface area contributed by atoms with Crippen molar-refractivity contribution in [3.63, 3.8) is 0 Å². The fraction of sp³-hybridized carbons (Fsp3) is 1.00. The molecule has 0 aliphatic carbocycles. The molecule has 0 aliphatic heterocycles. The summed E-state index contributed by atoms with van der Waals surface area (Å²) in [7, 11) is 0. The number of halogens is 14. The van der Waals surface area contributed by atoms with Crippen molar-refractivity contribution in [2.24, 2.45) is 0 Å². The molecule has 0 saturated carbocycles. The van der Waals surface area contributed by atoms with Gasteiger partial charge in [-0.15, -0.1) is 11.6 Å². The van der Waals surface area contributed by atoms with E-state index in [1.54, 1.807) is 0 Å². The Morgan fingerprint density at radius 3 is 1.14 bits per heavy atom. The minimum atomic E-state index is -7.33. The van der Waals surface area contributed by atoms with Gasteiger partial charge in [0, 0.05) is 0 Å². The molecular formula is C7H2Cl4F10. The third-order valence-electron chi connectivity index (χ3n) is 2.17. The Labute approximate surface area is 130 Å². The minimum absolute atomic E-state index is 1.63. The molecule has 21 heavy (non-hydrogen) atoms. The molecule has 0 saturated heterocycles. The van der Waals surface area contributed by atoms with E-state index < -0.39 is 39.3 Å². The average Bonchev–Trinajstić information content (AvgIpc) is 2.26. The Hall–Kier alpha value is 0.460. The van der Waals surface area contributed by atoms with Gasteiger partial charge < -0.3 is 0 Å². The second-order valence-corrected chi connectivity index (χ2v) is 5.91. The van der Waals surface area contributed by atoms with Crippen LogP contribution in [0.5, 0.6) is 0 Å². The van der Waals surface area contributed by atoms with Crippen molar-refractivity contribution in [2.75, 3.05) is 5.88 Å². The van der Waals surface area contributed by atoms with E-state index >= 15 is 0 Å². The van der Waals surface area contributed by atoms with Crippen molar-refractivity contribution >= 4 is 46.4 Å². The summed E-state index contributed by atoms with van der Waals surface area (Å²) in [5.41, 5.74) is 0. The van der Waals surface area contributed by atoms with Crippen LogP contribution in [0.25, 0.3) is 0 Å². The van der Waals surface area contributed by atoms with Gasteiger partial charge in [-0.3, -0.25) is 0 Å². The van der Waals surface area contributed by atoms with Crippen LogP contribution in [0.4, 0.5) is 43.9 Å². The molecule has 0 heterocycles. The number of alkyl halides is 14. The van der Waals surface area contributed by atoms with Crippen molar-refractivity contribution in [3.05, 3.63) is 0 Å². The summed E-state index contributed by atoms with van der Waals surface area (Å²) < 4.78 is 123. The van der Waals surface area contributed by atoms with Gasteiger partial charge in [-0.25, -0.2) is 4.39 Å². The van der Waals surface area contributed by atoms with E-state index in [0.29, 0.717) is 0 Å². The molecule has 0 amide bonds. The van der Waals surface area contributed by atoms with Crippen molar-refractivity contribution in [1.29, 1.82) is 0 Å². The zero-order chi connectivity index (χ0) is 17.7. The quantitative estimate of drug-likeness (QED) is 0.393. The van der Waals surface area contributed by atoms with Crippen molar-refractivity contribution in [3.8, 4) is 0 Å². The summed E-state index contributed by atoms with van der Waals surface area (Å²) in [5.74, 6) is -23.1. The summed E-state index contributed by atoms with van der Waals surface area (Å²) in [6.45, 7) is 0. The summed E-state index contributed by atoms with van der Waals surface area (Å²) >= 11 is 18.6. The van der Waals surface area contributed by atoms with Gasteiger partial charge in [0.25, 0.3) is 5.13 Å². The molecule has 0 nitrogen and oxygen atoms in total. The van der Waals surface area contributed by atoms with Gasteiger partial charge in [0.2, 0.25) is 0 Å². The van der Waals surface area contributed by atoms with Crippen LogP contribution in [-0.4, -0.2) is 39.3 Å². The van der Waals surface area contributed by atoms with Gasteiger partial charge in [0.15, 0.2) is 4.33 Å². The molecule has 1 unspecified atom stereocenters. The van der Waals surface area contributed by atoms with E-state index in [4.69, 9.17) is 34.8 Å². The Morgan fingerprint density at radius 1 is 0.571 bits per heavy atom. The lowest BCUT2D eigenvalue weighted by molar-refractivity contribution is -0.406. The van der Waals surface area contributed by atoms with Gasteiger partial charge in [0.1, 0.15) is 0 Å². The van der Waals surface area contributed by atoms with Gasteiger partial charge in [0.05, 0.1) is 5.88 Å². The SMILES string of the molecule is FC(F)(F)C(F)(F)C(F)(F)C(F)(F)C(F)(Cl)C(Cl)(Cl)CCl. The maximum Gasteiger partial charge on any atom is 0.460 e. The maximum atomic E-state index is 13.5. The molecule has 14 heteroatoms. The highest BCUT2D eigenvalue weighted by molar-refractivity contribution is 6.56. The molecule has 0 rings (SSSR count). The van der Waals surface area contributed by atoms with Crippen molar-refractivity contribution in [1.82, 2.24) is 0 Å². The van der Waals surface area contributed by atoms with Crippen LogP contribution in [0.2, 0.25) is 0 Å². The molecule has 128 valence electrons. The summed E-state index contributed by atoms with van der Waals surface area (Å²) in [4.78, 5) is 0. The van der Waals surface area contributed by atoms with Crippen LogP contribution < -0.4 is 0 Å². The Balaban J connectivity index is 6.14. The molecular weight excluding hydrogens is 416 g/mol. The number of hydrogen-bond donors (Lipinski definition) is 0. The molecule has 0 aromatic heterocycles. The molecule has 1 atom stereocenters. The molecule has 0 bridgehead atoms. The van der Waals surface area contributed by atoms with E-state index in [0.717, 1.165) is 0 Å². The van der Waals surface area contributed by atoms with Crippen molar-refractivity contribution < 1.29 is 43.9 Å². The first kappa shape index (κ1) is 21.5. The van der Waals surface area contributed by atoms with Crippen LogP contribution in [0.3, 0.4) is 0 Å². The zero-order valence-electron chi connectivity index (χ0n) is 9.00. The van der Waals surface area contributed by atoms with Crippen LogP contribution in [0, 0.1) is 0 Å². The lowest BCUT2D eigenvalue weighted by Gasteiger charge is -2.41. The molecule has 0 aromatic rings. The van der Waals surface area contributed by atoms with Crippen LogP contribution in [-0.2, 0) is 0 Å². The van der Waals surface area contributed by atoms with Crippen LogP contribution >= 0.6 is 46.4 Å². The highest BCUT2D eigenvalue weighted by Gasteiger charge is 2.88. The first-order valence-corrected chi connectivity index (χ1v) is 6.00. The third kappa shape index (κ3) is 2.97. The van der Waals surface area contributed by atoms with Crippen LogP contribution in [0.15, 0.2) is 0 Å². The van der Waals surface area contributed by atoms with Crippen LogP contribution in [0.1, 0.15) is 0 Å². The first-order chi connectivity index (χ1) is 8.81. The molecule has 0 N–H and O–H groups in total.